The lowest BCUT2D eigenvalue weighted by atomic mass is 10.0. The van der Waals surface area contributed by atoms with Crippen molar-refractivity contribution in [1.29, 1.82) is 0 Å². The van der Waals surface area contributed by atoms with Crippen molar-refractivity contribution >= 4 is 17.5 Å². The van der Waals surface area contributed by atoms with Gasteiger partial charge in [0.05, 0.1) is 0 Å². The summed E-state index contributed by atoms with van der Waals surface area (Å²) in [5.74, 6) is 6.35. The van der Waals surface area contributed by atoms with Gasteiger partial charge in [-0.15, -0.1) is 0 Å². The number of pyridine rings is 1. The van der Waals surface area contributed by atoms with E-state index in [1.165, 1.54) is 0 Å². The molecule has 0 spiro atoms. The van der Waals surface area contributed by atoms with Crippen LogP contribution in [-0.2, 0) is 4.79 Å². The van der Waals surface area contributed by atoms with Crippen molar-refractivity contribution < 1.29 is 4.79 Å². The zero-order chi connectivity index (χ0) is 12.3. The Morgan fingerprint density at radius 3 is 3.00 bits per heavy atom. The van der Waals surface area contributed by atoms with Crippen LogP contribution in [0.25, 0.3) is 0 Å². The lowest BCUT2D eigenvalue weighted by Crippen LogP contribution is -2.48. The largest absolute Gasteiger partial charge is 0.368 e. The molecule has 17 heavy (non-hydrogen) atoms. The van der Waals surface area contributed by atoms with Gasteiger partial charge in [0.25, 0.3) is 0 Å². The summed E-state index contributed by atoms with van der Waals surface area (Å²) < 4.78 is 0. The highest BCUT2D eigenvalue weighted by Gasteiger charge is 2.27. The number of hydrogen-bond donors (Lipinski definition) is 3. The second kappa shape index (κ2) is 5.01. The number of nitrogens with two attached hydrogens (primary N) is 2. The van der Waals surface area contributed by atoms with Gasteiger partial charge in [0.1, 0.15) is 17.7 Å². The number of nitrogens with zero attached hydrogens (tertiary/aromatic N) is 2. The van der Waals surface area contributed by atoms with Gasteiger partial charge >= 0.3 is 0 Å². The second-order valence-electron chi connectivity index (χ2n) is 4.13. The van der Waals surface area contributed by atoms with Crippen LogP contribution in [0.1, 0.15) is 19.3 Å². The second-order valence-corrected chi connectivity index (χ2v) is 4.13. The van der Waals surface area contributed by atoms with Crippen LogP contribution in [0.3, 0.4) is 0 Å². The lowest BCUT2D eigenvalue weighted by Gasteiger charge is -2.34. The van der Waals surface area contributed by atoms with Crippen molar-refractivity contribution in [2.75, 3.05) is 16.9 Å². The number of carbonyl (C=O) groups is 1. The minimum Gasteiger partial charge on any atom is -0.368 e. The molecule has 0 saturated carbocycles. The van der Waals surface area contributed by atoms with E-state index in [2.05, 4.69) is 10.4 Å². The van der Waals surface area contributed by atoms with Crippen LogP contribution < -0.4 is 21.9 Å². The first kappa shape index (κ1) is 11.7. The van der Waals surface area contributed by atoms with Crippen molar-refractivity contribution in [3.63, 3.8) is 0 Å². The predicted octanol–water partition coefficient (Wildman–Crippen LogP) is 0.211. The van der Waals surface area contributed by atoms with Gasteiger partial charge in [0.15, 0.2) is 0 Å². The topological polar surface area (TPSA) is 97.3 Å². The molecule has 6 heteroatoms. The van der Waals surface area contributed by atoms with Gasteiger partial charge in [-0.1, -0.05) is 6.07 Å². The number of rotatable bonds is 3. The molecule has 1 amide bonds. The quantitative estimate of drug-likeness (QED) is 0.514. The molecule has 1 fully saturated rings. The Hall–Kier alpha value is -1.82. The molecule has 2 rings (SSSR count). The number of anilines is 2. The van der Waals surface area contributed by atoms with Crippen LogP contribution in [0, 0.1) is 0 Å². The monoisotopic (exact) mass is 235 g/mol. The van der Waals surface area contributed by atoms with E-state index in [-0.39, 0.29) is 11.9 Å². The molecule has 0 radical (unpaired) electrons. The summed E-state index contributed by atoms with van der Waals surface area (Å²) in [6, 6.07) is 5.23. The van der Waals surface area contributed by atoms with Gasteiger partial charge in [-0.3, -0.25) is 4.79 Å². The zero-order valence-electron chi connectivity index (χ0n) is 9.60. The number of aromatic nitrogens is 1. The maximum atomic E-state index is 11.4. The number of hydrogen-bond acceptors (Lipinski definition) is 5. The van der Waals surface area contributed by atoms with Crippen molar-refractivity contribution in [2.24, 2.45) is 11.6 Å². The third-order valence-electron chi connectivity index (χ3n) is 3.01. The molecular weight excluding hydrogens is 218 g/mol. The van der Waals surface area contributed by atoms with E-state index in [1.54, 1.807) is 6.07 Å². The molecule has 0 aliphatic carbocycles. The van der Waals surface area contributed by atoms with E-state index in [4.69, 9.17) is 11.6 Å². The SMILES string of the molecule is NNc1cccc(N2CCCCC2C(N)=O)n1. The summed E-state index contributed by atoms with van der Waals surface area (Å²) in [5, 5.41) is 0. The number of piperidine rings is 1. The number of amides is 1. The maximum absolute atomic E-state index is 11.4. The van der Waals surface area contributed by atoms with E-state index < -0.39 is 0 Å². The smallest absolute Gasteiger partial charge is 0.240 e. The molecule has 2 heterocycles. The summed E-state index contributed by atoms with van der Waals surface area (Å²) in [4.78, 5) is 17.7. The van der Waals surface area contributed by atoms with E-state index in [0.717, 1.165) is 31.6 Å². The predicted molar refractivity (Wildman–Crippen MR) is 66.2 cm³/mol. The highest BCUT2D eigenvalue weighted by atomic mass is 16.1. The highest BCUT2D eigenvalue weighted by Crippen LogP contribution is 2.23. The molecule has 6 nitrogen and oxygen atoms in total. The van der Waals surface area contributed by atoms with E-state index in [9.17, 15) is 4.79 Å². The van der Waals surface area contributed by atoms with Crippen LogP contribution in [0.15, 0.2) is 18.2 Å². The summed E-state index contributed by atoms with van der Waals surface area (Å²) in [5.41, 5.74) is 7.91. The van der Waals surface area contributed by atoms with Crippen LogP contribution in [0.2, 0.25) is 0 Å². The lowest BCUT2D eigenvalue weighted by molar-refractivity contribution is -0.119. The number of primary amides is 1. The summed E-state index contributed by atoms with van der Waals surface area (Å²) >= 11 is 0. The molecule has 1 atom stereocenters. The number of carbonyl (C=O) groups excluding carboxylic acids is 1. The number of hydrazine groups is 1. The highest BCUT2D eigenvalue weighted by molar-refractivity contribution is 5.83. The summed E-state index contributed by atoms with van der Waals surface area (Å²) in [6.45, 7) is 0.800. The van der Waals surface area contributed by atoms with Crippen molar-refractivity contribution in [1.82, 2.24) is 4.98 Å². The van der Waals surface area contributed by atoms with Crippen LogP contribution >= 0.6 is 0 Å². The Morgan fingerprint density at radius 2 is 2.29 bits per heavy atom. The van der Waals surface area contributed by atoms with Gasteiger partial charge in [0, 0.05) is 6.54 Å². The molecule has 92 valence electrons. The van der Waals surface area contributed by atoms with Crippen LogP contribution in [0.5, 0.6) is 0 Å². The Kier molecular flexibility index (Phi) is 3.43. The van der Waals surface area contributed by atoms with Crippen molar-refractivity contribution in [3.8, 4) is 0 Å². The Bertz CT molecular complexity index is 409. The van der Waals surface area contributed by atoms with Crippen LogP contribution in [0.4, 0.5) is 11.6 Å². The fourth-order valence-electron chi connectivity index (χ4n) is 2.17. The number of nitrogen functional groups attached to an aromatic ring is 1. The fraction of sp³-hybridized carbons (Fsp3) is 0.455. The standard InChI is InChI=1S/C11H17N5O/c12-11(17)8-4-1-2-7-16(8)10-6-3-5-9(14-10)15-13/h3,5-6,8H,1-2,4,7,13H2,(H2,12,17)(H,14,15). The molecule has 1 unspecified atom stereocenters. The molecule has 1 saturated heterocycles. The number of nitrogens with one attached hydrogen (secondary N) is 1. The first-order chi connectivity index (χ1) is 8.22. The first-order valence-corrected chi connectivity index (χ1v) is 5.72. The van der Waals surface area contributed by atoms with Gasteiger partial charge < -0.3 is 16.1 Å². The van der Waals surface area contributed by atoms with Gasteiger partial charge in [-0.25, -0.2) is 10.8 Å². The minimum atomic E-state index is -0.294. The Balaban J connectivity index is 2.26. The first-order valence-electron chi connectivity index (χ1n) is 5.72. The Morgan fingerprint density at radius 1 is 1.47 bits per heavy atom. The summed E-state index contributed by atoms with van der Waals surface area (Å²) in [7, 11) is 0. The van der Waals surface area contributed by atoms with Gasteiger partial charge in [-0.05, 0) is 31.4 Å². The third kappa shape index (κ3) is 2.47. The van der Waals surface area contributed by atoms with E-state index in [1.807, 2.05) is 17.0 Å². The molecular formula is C11H17N5O. The van der Waals surface area contributed by atoms with Gasteiger partial charge in [0.2, 0.25) is 5.91 Å². The van der Waals surface area contributed by atoms with E-state index >= 15 is 0 Å². The minimum absolute atomic E-state index is 0.260. The Labute approximate surface area is 100.0 Å². The molecule has 0 bridgehead atoms. The third-order valence-corrected chi connectivity index (χ3v) is 3.01. The fourth-order valence-corrected chi connectivity index (χ4v) is 2.17. The van der Waals surface area contributed by atoms with Crippen molar-refractivity contribution in [3.05, 3.63) is 18.2 Å². The maximum Gasteiger partial charge on any atom is 0.240 e. The van der Waals surface area contributed by atoms with Gasteiger partial charge in [-0.2, -0.15) is 0 Å². The average Bonchev–Trinajstić information content (AvgIpc) is 2.39. The molecule has 1 aliphatic rings. The van der Waals surface area contributed by atoms with Crippen LogP contribution in [-0.4, -0.2) is 23.5 Å². The molecule has 1 aliphatic heterocycles. The normalized spacial score (nSPS) is 20.1. The van der Waals surface area contributed by atoms with Crippen molar-refractivity contribution in [2.45, 2.75) is 25.3 Å². The average molecular weight is 235 g/mol. The molecule has 5 N–H and O–H groups in total. The molecule has 1 aromatic rings. The molecule has 1 aromatic heterocycles. The summed E-state index contributed by atoms with van der Waals surface area (Å²) in [6.07, 6.45) is 2.86. The molecule has 0 aromatic carbocycles. The van der Waals surface area contributed by atoms with E-state index in [0.29, 0.717) is 5.82 Å². The zero-order valence-corrected chi connectivity index (χ0v) is 9.60.